The maximum Gasteiger partial charge on any atom is 0.0638 e. The summed E-state index contributed by atoms with van der Waals surface area (Å²) in [5, 5.41) is 8.41. The van der Waals surface area contributed by atoms with Crippen molar-refractivity contribution in [2.24, 2.45) is 7.05 Å². The minimum atomic E-state index is 0.673. The second-order valence-electron chi connectivity index (χ2n) is 3.59. The van der Waals surface area contributed by atoms with Gasteiger partial charge in [-0.3, -0.25) is 4.68 Å². The van der Waals surface area contributed by atoms with E-state index in [1.807, 2.05) is 23.5 Å². The second-order valence-corrected chi connectivity index (χ2v) is 4.87. The van der Waals surface area contributed by atoms with Gasteiger partial charge in [0.1, 0.15) is 0 Å². The Morgan fingerprint density at radius 1 is 1.64 bits per heavy atom. The molecule has 1 unspecified atom stereocenters. The van der Waals surface area contributed by atoms with Crippen molar-refractivity contribution < 1.29 is 0 Å². The van der Waals surface area contributed by atoms with Gasteiger partial charge in [-0.15, -0.1) is 0 Å². The normalized spacial score (nSPS) is 13.1. The summed E-state index contributed by atoms with van der Waals surface area (Å²) in [5.41, 5.74) is 2.41. The number of nitrogens with one attached hydrogen (secondary N) is 1. The van der Waals surface area contributed by atoms with E-state index in [2.05, 4.69) is 36.7 Å². The first-order valence-corrected chi connectivity index (χ1v) is 6.15. The topological polar surface area (TPSA) is 29.9 Å². The molecular formula is C10H19N3S. The fraction of sp³-hybridized carbons (Fsp3) is 0.700. The minimum absolute atomic E-state index is 0.673. The molecule has 0 spiro atoms. The van der Waals surface area contributed by atoms with Gasteiger partial charge in [0.2, 0.25) is 0 Å². The highest BCUT2D eigenvalue weighted by molar-refractivity contribution is 7.99. The van der Waals surface area contributed by atoms with E-state index in [0.29, 0.717) is 5.25 Å². The van der Waals surface area contributed by atoms with Gasteiger partial charge in [-0.2, -0.15) is 16.9 Å². The summed E-state index contributed by atoms with van der Waals surface area (Å²) < 4.78 is 1.87. The zero-order valence-corrected chi connectivity index (χ0v) is 10.2. The number of hydrogen-bond acceptors (Lipinski definition) is 3. The van der Waals surface area contributed by atoms with Gasteiger partial charge in [-0.1, -0.05) is 6.92 Å². The predicted octanol–water partition coefficient (Wildman–Crippen LogP) is 1.57. The van der Waals surface area contributed by atoms with E-state index >= 15 is 0 Å². The van der Waals surface area contributed by atoms with Gasteiger partial charge < -0.3 is 5.32 Å². The molecule has 3 nitrogen and oxygen atoms in total. The van der Waals surface area contributed by atoms with Crippen molar-refractivity contribution in [3.63, 3.8) is 0 Å². The third-order valence-corrected chi connectivity index (χ3v) is 3.24. The number of nitrogens with zero attached hydrogens (tertiary/aromatic N) is 2. The van der Waals surface area contributed by atoms with E-state index in [9.17, 15) is 0 Å². The van der Waals surface area contributed by atoms with Gasteiger partial charge in [0, 0.05) is 37.1 Å². The lowest BCUT2D eigenvalue weighted by Gasteiger charge is -2.08. The molecule has 1 atom stereocenters. The summed E-state index contributed by atoms with van der Waals surface area (Å²) in [6.07, 6.45) is 4.22. The highest BCUT2D eigenvalue weighted by atomic mass is 32.2. The van der Waals surface area contributed by atoms with Crippen molar-refractivity contribution in [1.82, 2.24) is 15.1 Å². The molecule has 0 saturated heterocycles. The van der Waals surface area contributed by atoms with Crippen molar-refractivity contribution in [1.29, 1.82) is 0 Å². The monoisotopic (exact) mass is 213 g/mol. The minimum Gasteiger partial charge on any atom is -0.311 e. The van der Waals surface area contributed by atoms with E-state index in [1.54, 1.807) is 0 Å². The summed E-state index contributed by atoms with van der Waals surface area (Å²) in [7, 11) is 1.96. The molecule has 0 aliphatic carbocycles. The van der Waals surface area contributed by atoms with Crippen molar-refractivity contribution in [3.05, 3.63) is 17.5 Å². The average molecular weight is 213 g/mol. The molecule has 1 aromatic rings. The van der Waals surface area contributed by atoms with Crippen LogP contribution < -0.4 is 5.32 Å². The van der Waals surface area contributed by atoms with E-state index in [4.69, 9.17) is 0 Å². The molecule has 1 rings (SSSR count). The van der Waals surface area contributed by atoms with Crippen LogP contribution in [0.2, 0.25) is 0 Å². The number of aromatic nitrogens is 2. The Labute approximate surface area is 90.3 Å². The van der Waals surface area contributed by atoms with Crippen LogP contribution in [0.4, 0.5) is 0 Å². The molecular weight excluding hydrogens is 194 g/mol. The van der Waals surface area contributed by atoms with Crippen molar-refractivity contribution in [2.75, 3.05) is 12.8 Å². The number of thioether (sulfide) groups is 1. The molecule has 0 aromatic carbocycles. The van der Waals surface area contributed by atoms with Gasteiger partial charge in [0.25, 0.3) is 0 Å². The number of aryl methyl sites for hydroxylation is 2. The first-order valence-electron chi connectivity index (χ1n) is 4.86. The van der Waals surface area contributed by atoms with Gasteiger partial charge in [0.05, 0.1) is 5.69 Å². The van der Waals surface area contributed by atoms with Gasteiger partial charge in [0.15, 0.2) is 0 Å². The molecule has 1 N–H and O–H groups in total. The number of rotatable bonds is 5. The fourth-order valence-electron chi connectivity index (χ4n) is 1.32. The zero-order valence-electron chi connectivity index (χ0n) is 9.37. The maximum absolute atomic E-state index is 4.30. The van der Waals surface area contributed by atoms with Gasteiger partial charge in [-0.25, -0.2) is 0 Å². The first kappa shape index (κ1) is 11.6. The van der Waals surface area contributed by atoms with E-state index in [-0.39, 0.29) is 0 Å². The Kier molecular flexibility index (Phi) is 4.48. The Morgan fingerprint density at radius 2 is 2.36 bits per heavy atom. The SMILES string of the molecule is CSC(C)CNCc1cn(C)nc1C. The molecule has 80 valence electrons. The summed E-state index contributed by atoms with van der Waals surface area (Å²) >= 11 is 1.89. The lowest BCUT2D eigenvalue weighted by atomic mass is 10.2. The predicted molar refractivity (Wildman–Crippen MR) is 62.6 cm³/mol. The Morgan fingerprint density at radius 3 is 2.86 bits per heavy atom. The van der Waals surface area contributed by atoms with E-state index in [0.717, 1.165) is 18.8 Å². The van der Waals surface area contributed by atoms with Crippen LogP contribution in [0.5, 0.6) is 0 Å². The molecule has 0 bridgehead atoms. The summed E-state index contributed by atoms with van der Waals surface area (Å²) in [6, 6.07) is 0. The molecule has 0 fully saturated rings. The standard InChI is InChI=1S/C10H19N3S/c1-8(14-4)5-11-6-10-7-13(3)12-9(10)2/h7-8,11H,5-6H2,1-4H3. The van der Waals surface area contributed by atoms with Gasteiger partial charge in [-0.05, 0) is 13.2 Å². The van der Waals surface area contributed by atoms with Crippen LogP contribution in [0.1, 0.15) is 18.2 Å². The molecule has 1 aromatic heterocycles. The third-order valence-electron chi connectivity index (χ3n) is 2.26. The van der Waals surface area contributed by atoms with Crippen LogP contribution >= 0.6 is 11.8 Å². The Hall–Kier alpha value is -0.480. The number of hydrogen-bond donors (Lipinski definition) is 1. The zero-order chi connectivity index (χ0) is 10.6. The summed E-state index contributed by atoms with van der Waals surface area (Å²) in [4.78, 5) is 0. The van der Waals surface area contributed by atoms with Crippen LogP contribution in [0.15, 0.2) is 6.20 Å². The highest BCUT2D eigenvalue weighted by Crippen LogP contribution is 2.06. The van der Waals surface area contributed by atoms with Crippen LogP contribution in [0.3, 0.4) is 0 Å². The molecule has 0 aliphatic rings. The maximum atomic E-state index is 4.30. The molecule has 0 aliphatic heterocycles. The summed E-state index contributed by atoms with van der Waals surface area (Å²) in [6.45, 7) is 6.25. The smallest absolute Gasteiger partial charge is 0.0638 e. The first-order chi connectivity index (χ1) is 6.63. The Balaban J connectivity index is 2.34. The lowest BCUT2D eigenvalue weighted by Crippen LogP contribution is -2.22. The largest absolute Gasteiger partial charge is 0.311 e. The van der Waals surface area contributed by atoms with Crippen molar-refractivity contribution in [3.8, 4) is 0 Å². The van der Waals surface area contributed by atoms with Crippen LogP contribution in [-0.2, 0) is 13.6 Å². The van der Waals surface area contributed by atoms with Gasteiger partial charge >= 0.3 is 0 Å². The summed E-state index contributed by atoms with van der Waals surface area (Å²) in [5.74, 6) is 0. The quantitative estimate of drug-likeness (QED) is 0.805. The van der Waals surface area contributed by atoms with E-state index in [1.165, 1.54) is 5.56 Å². The molecule has 1 heterocycles. The third kappa shape index (κ3) is 3.35. The highest BCUT2D eigenvalue weighted by Gasteiger charge is 2.03. The molecule has 14 heavy (non-hydrogen) atoms. The lowest BCUT2D eigenvalue weighted by molar-refractivity contribution is 0.682. The van der Waals surface area contributed by atoms with Crippen LogP contribution in [0, 0.1) is 6.92 Å². The van der Waals surface area contributed by atoms with Crippen molar-refractivity contribution >= 4 is 11.8 Å². The molecule has 0 radical (unpaired) electrons. The molecule has 0 saturated carbocycles. The molecule has 4 heteroatoms. The second kappa shape index (κ2) is 5.41. The molecule has 0 amide bonds. The van der Waals surface area contributed by atoms with Crippen LogP contribution in [-0.4, -0.2) is 27.8 Å². The van der Waals surface area contributed by atoms with E-state index < -0.39 is 0 Å². The Bertz CT molecular complexity index is 283. The fourth-order valence-corrected chi connectivity index (χ4v) is 1.60. The van der Waals surface area contributed by atoms with Crippen LogP contribution in [0.25, 0.3) is 0 Å². The average Bonchev–Trinajstić information content (AvgIpc) is 2.45. The van der Waals surface area contributed by atoms with Crippen molar-refractivity contribution in [2.45, 2.75) is 25.6 Å².